The second-order valence-electron chi connectivity index (χ2n) is 4.82. The standard InChI is InChI=1S/C15H23N3/c1-3-10-17-15(16-2)18-11-9-14(12-18)13-7-5-4-6-8-13/h4-8,14H,3,9-12H2,1-2H3,(H,16,17). The number of aliphatic imine (C=N–C) groups is 1. The van der Waals surface area contributed by atoms with Crippen LogP contribution in [0, 0.1) is 0 Å². The van der Waals surface area contributed by atoms with Gasteiger partial charge < -0.3 is 10.2 Å². The van der Waals surface area contributed by atoms with E-state index in [1.54, 1.807) is 0 Å². The summed E-state index contributed by atoms with van der Waals surface area (Å²) in [7, 11) is 1.87. The van der Waals surface area contributed by atoms with Crippen molar-refractivity contribution in [1.29, 1.82) is 0 Å². The molecule has 2 rings (SSSR count). The quantitative estimate of drug-likeness (QED) is 0.654. The number of guanidine groups is 1. The number of nitrogens with zero attached hydrogens (tertiary/aromatic N) is 2. The minimum Gasteiger partial charge on any atom is -0.356 e. The Labute approximate surface area is 110 Å². The fraction of sp³-hybridized carbons (Fsp3) is 0.533. The third-order valence-corrected chi connectivity index (χ3v) is 3.50. The second kappa shape index (κ2) is 6.43. The van der Waals surface area contributed by atoms with Crippen LogP contribution in [0.5, 0.6) is 0 Å². The number of nitrogens with one attached hydrogen (secondary N) is 1. The molecule has 0 radical (unpaired) electrons. The molecule has 1 N–H and O–H groups in total. The minimum absolute atomic E-state index is 0.645. The molecule has 1 aromatic rings. The van der Waals surface area contributed by atoms with Gasteiger partial charge in [-0.05, 0) is 18.4 Å². The van der Waals surface area contributed by atoms with Gasteiger partial charge in [0.1, 0.15) is 0 Å². The van der Waals surface area contributed by atoms with Gasteiger partial charge >= 0.3 is 0 Å². The van der Waals surface area contributed by atoms with Crippen LogP contribution in [0.3, 0.4) is 0 Å². The van der Waals surface area contributed by atoms with Crippen LogP contribution < -0.4 is 5.32 Å². The van der Waals surface area contributed by atoms with E-state index in [1.807, 2.05) is 7.05 Å². The maximum absolute atomic E-state index is 4.37. The van der Waals surface area contributed by atoms with Gasteiger partial charge in [-0.25, -0.2) is 0 Å². The molecule has 1 aliphatic heterocycles. The molecule has 1 fully saturated rings. The molecule has 98 valence electrons. The summed E-state index contributed by atoms with van der Waals surface area (Å²) < 4.78 is 0. The van der Waals surface area contributed by atoms with Crippen LogP contribution in [-0.2, 0) is 0 Å². The van der Waals surface area contributed by atoms with Crippen molar-refractivity contribution in [2.45, 2.75) is 25.7 Å². The lowest BCUT2D eigenvalue weighted by molar-refractivity contribution is 0.486. The van der Waals surface area contributed by atoms with Crippen molar-refractivity contribution in [1.82, 2.24) is 10.2 Å². The number of benzene rings is 1. The predicted octanol–water partition coefficient (Wildman–Crippen LogP) is 2.46. The summed E-state index contributed by atoms with van der Waals surface area (Å²) in [6.45, 7) is 5.35. The third-order valence-electron chi connectivity index (χ3n) is 3.50. The van der Waals surface area contributed by atoms with Crippen LogP contribution >= 0.6 is 0 Å². The molecule has 1 saturated heterocycles. The molecule has 3 nitrogen and oxygen atoms in total. The summed E-state index contributed by atoms with van der Waals surface area (Å²) in [4.78, 5) is 6.74. The van der Waals surface area contributed by atoms with E-state index in [2.05, 4.69) is 52.5 Å². The number of hydrogen-bond donors (Lipinski definition) is 1. The van der Waals surface area contributed by atoms with Crippen LogP contribution in [0.15, 0.2) is 35.3 Å². The molecular weight excluding hydrogens is 222 g/mol. The number of hydrogen-bond acceptors (Lipinski definition) is 1. The van der Waals surface area contributed by atoms with E-state index in [9.17, 15) is 0 Å². The fourth-order valence-corrected chi connectivity index (χ4v) is 2.52. The van der Waals surface area contributed by atoms with Crippen molar-refractivity contribution >= 4 is 5.96 Å². The van der Waals surface area contributed by atoms with Crippen molar-refractivity contribution in [2.75, 3.05) is 26.7 Å². The average Bonchev–Trinajstić information content (AvgIpc) is 2.90. The Kier molecular flexibility index (Phi) is 4.62. The zero-order valence-corrected chi connectivity index (χ0v) is 11.4. The first kappa shape index (κ1) is 12.9. The highest BCUT2D eigenvalue weighted by molar-refractivity contribution is 5.80. The van der Waals surface area contributed by atoms with Gasteiger partial charge in [0.2, 0.25) is 0 Å². The Bertz CT molecular complexity index is 386. The molecule has 1 aromatic carbocycles. The van der Waals surface area contributed by atoms with E-state index in [0.717, 1.165) is 32.0 Å². The number of likely N-dealkylation sites (tertiary alicyclic amines) is 1. The Morgan fingerprint density at radius 3 is 2.83 bits per heavy atom. The Morgan fingerprint density at radius 2 is 2.17 bits per heavy atom. The lowest BCUT2D eigenvalue weighted by Crippen LogP contribution is -2.40. The Hall–Kier alpha value is -1.51. The van der Waals surface area contributed by atoms with E-state index in [1.165, 1.54) is 12.0 Å². The first-order valence-electron chi connectivity index (χ1n) is 6.85. The number of rotatable bonds is 3. The van der Waals surface area contributed by atoms with Crippen LogP contribution in [0.2, 0.25) is 0 Å². The third kappa shape index (κ3) is 3.03. The van der Waals surface area contributed by atoms with Gasteiger partial charge in [0, 0.05) is 32.6 Å². The maximum Gasteiger partial charge on any atom is 0.193 e. The summed E-state index contributed by atoms with van der Waals surface area (Å²) in [6, 6.07) is 10.8. The first-order chi connectivity index (χ1) is 8.85. The molecule has 1 atom stereocenters. The lowest BCUT2D eigenvalue weighted by atomic mass is 9.99. The van der Waals surface area contributed by atoms with E-state index < -0.39 is 0 Å². The largest absolute Gasteiger partial charge is 0.356 e. The predicted molar refractivity (Wildman–Crippen MR) is 77.0 cm³/mol. The summed E-state index contributed by atoms with van der Waals surface area (Å²) in [5.74, 6) is 1.70. The fourth-order valence-electron chi connectivity index (χ4n) is 2.52. The molecule has 1 aliphatic rings. The van der Waals surface area contributed by atoms with Gasteiger partial charge in [-0.2, -0.15) is 0 Å². The average molecular weight is 245 g/mol. The van der Waals surface area contributed by atoms with E-state index in [4.69, 9.17) is 0 Å². The van der Waals surface area contributed by atoms with Gasteiger partial charge in [0.15, 0.2) is 5.96 Å². The van der Waals surface area contributed by atoms with Crippen molar-refractivity contribution < 1.29 is 0 Å². The molecule has 1 unspecified atom stereocenters. The summed E-state index contributed by atoms with van der Waals surface area (Å²) in [5, 5.41) is 3.41. The van der Waals surface area contributed by atoms with Crippen LogP contribution in [0.25, 0.3) is 0 Å². The van der Waals surface area contributed by atoms with Gasteiger partial charge in [-0.3, -0.25) is 4.99 Å². The second-order valence-corrected chi connectivity index (χ2v) is 4.82. The van der Waals surface area contributed by atoms with Gasteiger partial charge in [-0.1, -0.05) is 37.3 Å². The molecule has 0 aliphatic carbocycles. The van der Waals surface area contributed by atoms with E-state index in [0.29, 0.717) is 5.92 Å². The van der Waals surface area contributed by atoms with Gasteiger partial charge in [0.05, 0.1) is 0 Å². The molecule has 18 heavy (non-hydrogen) atoms. The van der Waals surface area contributed by atoms with Gasteiger partial charge in [0.25, 0.3) is 0 Å². The first-order valence-corrected chi connectivity index (χ1v) is 6.85. The molecule has 0 amide bonds. The van der Waals surface area contributed by atoms with Crippen molar-refractivity contribution in [3.05, 3.63) is 35.9 Å². The van der Waals surface area contributed by atoms with Crippen LogP contribution in [0.1, 0.15) is 31.2 Å². The van der Waals surface area contributed by atoms with Crippen LogP contribution in [0.4, 0.5) is 0 Å². The van der Waals surface area contributed by atoms with Crippen molar-refractivity contribution in [3.8, 4) is 0 Å². The summed E-state index contributed by atoms with van der Waals surface area (Å²) >= 11 is 0. The molecule has 0 bridgehead atoms. The molecule has 1 heterocycles. The Morgan fingerprint density at radius 1 is 1.39 bits per heavy atom. The SMILES string of the molecule is CCCNC(=NC)N1CCC(c2ccccc2)C1. The van der Waals surface area contributed by atoms with E-state index >= 15 is 0 Å². The minimum atomic E-state index is 0.645. The molecule has 0 spiro atoms. The van der Waals surface area contributed by atoms with Gasteiger partial charge in [-0.15, -0.1) is 0 Å². The van der Waals surface area contributed by atoms with E-state index in [-0.39, 0.29) is 0 Å². The van der Waals surface area contributed by atoms with Crippen molar-refractivity contribution in [3.63, 3.8) is 0 Å². The molecule has 0 saturated carbocycles. The summed E-state index contributed by atoms with van der Waals surface area (Å²) in [5.41, 5.74) is 1.45. The smallest absolute Gasteiger partial charge is 0.193 e. The highest BCUT2D eigenvalue weighted by Crippen LogP contribution is 2.26. The molecular formula is C15H23N3. The van der Waals surface area contributed by atoms with Crippen LogP contribution in [-0.4, -0.2) is 37.5 Å². The highest BCUT2D eigenvalue weighted by atomic mass is 15.3. The molecule has 0 aromatic heterocycles. The van der Waals surface area contributed by atoms with Crippen molar-refractivity contribution in [2.24, 2.45) is 4.99 Å². The lowest BCUT2D eigenvalue weighted by Gasteiger charge is -2.21. The topological polar surface area (TPSA) is 27.6 Å². The zero-order chi connectivity index (χ0) is 12.8. The zero-order valence-electron chi connectivity index (χ0n) is 11.4. The maximum atomic E-state index is 4.37. The Balaban J connectivity index is 1.95. The summed E-state index contributed by atoms with van der Waals surface area (Å²) in [6.07, 6.45) is 2.35. The normalized spacial score (nSPS) is 20.2. The monoisotopic (exact) mass is 245 g/mol. The molecule has 3 heteroatoms. The highest BCUT2D eigenvalue weighted by Gasteiger charge is 2.25.